The maximum absolute atomic E-state index is 13.2. The Morgan fingerprint density at radius 3 is 1.20 bits per heavy atom. The zero-order valence-electron chi connectivity index (χ0n) is 51.0. The molecule has 1 aliphatic rings. The van der Waals surface area contributed by atoms with E-state index in [0.29, 0.717) is 19.3 Å². The summed E-state index contributed by atoms with van der Waals surface area (Å²) in [5.74, 6) is -3.18. The second-order valence-corrected chi connectivity index (χ2v) is 21.6. The molecule has 1 aliphatic heterocycles. The maximum Gasteiger partial charge on any atom is 0.335 e. The van der Waals surface area contributed by atoms with Crippen LogP contribution in [0, 0.1) is 0 Å². The highest BCUT2D eigenvalue weighted by Crippen LogP contribution is 2.26. The topological polar surface area (TPSA) is 175 Å². The Labute approximate surface area is 492 Å². The van der Waals surface area contributed by atoms with Crippen molar-refractivity contribution < 1.29 is 58.2 Å². The smallest absolute Gasteiger partial charge is 0.335 e. The molecule has 462 valence electrons. The number of carboxylic acid groups (broad SMARTS) is 1. The summed E-state index contributed by atoms with van der Waals surface area (Å²) < 4.78 is 28.5. The zero-order valence-corrected chi connectivity index (χ0v) is 51.0. The third-order valence-electron chi connectivity index (χ3n) is 14.2. The molecule has 6 unspecified atom stereocenters. The lowest BCUT2D eigenvalue weighted by Crippen LogP contribution is -2.61. The molecule has 12 nitrogen and oxygen atoms in total. The highest BCUT2D eigenvalue weighted by atomic mass is 16.7. The van der Waals surface area contributed by atoms with Gasteiger partial charge in [-0.2, -0.15) is 0 Å². The molecule has 3 N–H and O–H groups in total. The molecule has 0 bridgehead atoms. The summed E-state index contributed by atoms with van der Waals surface area (Å²) in [6, 6.07) is 0. The van der Waals surface area contributed by atoms with Crippen molar-refractivity contribution in [3.8, 4) is 0 Å². The van der Waals surface area contributed by atoms with Gasteiger partial charge in [-0.05, 0) is 96.3 Å². The van der Waals surface area contributed by atoms with Crippen LogP contribution in [0.15, 0.2) is 97.2 Å². The molecule has 81 heavy (non-hydrogen) atoms. The Hall–Kier alpha value is -4.36. The molecule has 0 aliphatic carbocycles. The lowest BCUT2D eigenvalue weighted by molar-refractivity contribution is -0.301. The van der Waals surface area contributed by atoms with E-state index in [2.05, 4.69) is 118 Å². The van der Waals surface area contributed by atoms with Crippen molar-refractivity contribution in [2.75, 3.05) is 13.2 Å². The molecule has 12 heteroatoms. The van der Waals surface area contributed by atoms with Crippen LogP contribution in [0.3, 0.4) is 0 Å². The summed E-state index contributed by atoms with van der Waals surface area (Å²) in [6.45, 7) is 5.77. The Morgan fingerprint density at radius 2 is 0.778 bits per heavy atom. The van der Waals surface area contributed by atoms with E-state index < -0.39 is 67.3 Å². The largest absolute Gasteiger partial charge is 0.479 e. The number of aliphatic carboxylic acids is 1. The molecular weight excluding hydrogens is 1020 g/mol. The summed E-state index contributed by atoms with van der Waals surface area (Å²) in [6.07, 6.45) is 62.2. The molecule has 0 spiro atoms. The fourth-order valence-corrected chi connectivity index (χ4v) is 9.29. The van der Waals surface area contributed by atoms with Gasteiger partial charge in [0.15, 0.2) is 24.6 Å². The predicted molar refractivity (Wildman–Crippen MR) is 331 cm³/mol. The molecule has 1 heterocycles. The van der Waals surface area contributed by atoms with E-state index in [4.69, 9.17) is 23.7 Å². The van der Waals surface area contributed by atoms with Crippen molar-refractivity contribution in [1.29, 1.82) is 0 Å². The second-order valence-electron chi connectivity index (χ2n) is 21.6. The average molecular weight is 1140 g/mol. The molecule has 1 saturated heterocycles. The number of ether oxygens (including phenoxy) is 5. The van der Waals surface area contributed by atoms with Crippen LogP contribution in [0.25, 0.3) is 0 Å². The van der Waals surface area contributed by atoms with Crippen molar-refractivity contribution in [3.63, 3.8) is 0 Å². The van der Waals surface area contributed by atoms with Gasteiger partial charge in [-0.1, -0.05) is 246 Å². The Balaban J connectivity index is 2.69. The van der Waals surface area contributed by atoms with Crippen LogP contribution in [-0.2, 0) is 42.9 Å². The number of carboxylic acids is 1. The Bertz CT molecular complexity index is 1780. The van der Waals surface area contributed by atoms with E-state index in [-0.39, 0.29) is 25.9 Å². The molecule has 0 amide bonds. The van der Waals surface area contributed by atoms with Gasteiger partial charge in [-0.25, -0.2) is 4.79 Å². The lowest BCUT2D eigenvalue weighted by atomic mass is 9.98. The van der Waals surface area contributed by atoms with Gasteiger partial charge < -0.3 is 39.0 Å². The van der Waals surface area contributed by atoms with Crippen LogP contribution in [-0.4, -0.2) is 89.2 Å². The van der Waals surface area contributed by atoms with Crippen molar-refractivity contribution in [2.45, 2.75) is 302 Å². The first-order valence-electron chi connectivity index (χ1n) is 32.2. The van der Waals surface area contributed by atoms with Gasteiger partial charge in [0.25, 0.3) is 0 Å². The summed E-state index contributed by atoms with van der Waals surface area (Å²) in [4.78, 5) is 51.3. The SMILES string of the molecule is CC/C=C\C/C=C\C/C=C\C/C=C\C/C=C\CCCCCC(=O)OC1C(OCC(COC(=O)CCCCCCCCCCCCCCCCCCC)OC(=O)CCCCCCC/C=C\C/C=C\C/C=C\CC)OC(C(=O)O)C(O)C1O. The number of aliphatic hydroxyl groups excluding tert-OH is 2. The maximum atomic E-state index is 13.2. The van der Waals surface area contributed by atoms with Gasteiger partial charge in [0.1, 0.15) is 18.8 Å². The summed E-state index contributed by atoms with van der Waals surface area (Å²) >= 11 is 0. The number of hydrogen-bond donors (Lipinski definition) is 3. The number of rotatable bonds is 54. The third-order valence-corrected chi connectivity index (χ3v) is 14.2. The molecule has 6 atom stereocenters. The molecule has 1 rings (SSSR count). The molecule has 0 aromatic rings. The first-order valence-corrected chi connectivity index (χ1v) is 32.2. The van der Waals surface area contributed by atoms with Gasteiger partial charge in [-0.3, -0.25) is 14.4 Å². The van der Waals surface area contributed by atoms with Crippen molar-refractivity contribution in [1.82, 2.24) is 0 Å². The minimum Gasteiger partial charge on any atom is -0.479 e. The van der Waals surface area contributed by atoms with E-state index in [9.17, 15) is 34.5 Å². The number of carbonyl (C=O) groups excluding carboxylic acids is 3. The van der Waals surface area contributed by atoms with E-state index in [1.165, 1.54) is 83.5 Å². The molecule has 0 radical (unpaired) electrons. The monoisotopic (exact) mass is 1130 g/mol. The van der Waals surface area contributed by atoms with Gasteiger partial charge in [-0.15, -0.1) is 0 Å². The van der Waals surface area contributed by atoms with Gasteiger partial charge in [0.2, 0.25) is 0 Å². The van der Waals surface area contributed by atoms with E-state index >= 15 is 0 Å². The van der Waals surface area contributed by atoms with Crippen LogP contribution < -0.4 is 0 Å². The predicted octanol–water partition coefficient (Wildman–Crippen LogP) is 17.2. The highest BCUT2D eigenvalue weighted by molar-refractivity contribution is 5.74. The highest BCUT2D eigenvalue weighted by Gasteiger charge is 2.50. The van der Waals surface area contributed by atoms with Crippen LogP contribution in [0.4, 0.5) is 0 Å². The first-order chi connectivity index (χ1) is 39.6. The average Bonchev–Trinajstić information content (AvgIpc) is 3.54. The summed E-state index contributed by atoms with van der Waals surface area (Å²) in [5.41, 5.74) is 0. The third kappa shape index (κ3) is 45.8. The Morgan fingerprint density at radius 1 is 0.420 bits per heavy atom. The standard InChI is InChI=1S/C69H114O12/c1-4-7-10-13-16-19-22-25-28-30-31-33-36-39-42-45-48-51-54-57-63(72)80-67-65(74)64(73)66(68(75)76)81-69(67)78-59-60(79-62(71)56-53-50-47-44-41-38-34-27-24-21-18-15-12-9-6-3)58-77-61(70)55-52-49-46-43-40-37-35-32-29-26-23-20-17-14-11-8-5-2/h7,9-10,12,16,18-19,21,25,27-28,31,33-34,39,42,60,64-67,69,73-74H,4-6,8,11,13-15,17,20,22-24,26,29-30,32,35-38,40-41,43-59H2,1-3H3,(H,75,76)/b10-7-,12-9-,19-16-,21-18-,28-25-,33-31-,34-27-,42-39-. The quantitative estimate of drug-likeness (QED) is 0.0228. The molecule has 0 aromatic heterocycles. The first kappa shape index (κ1) is 74.7. The van der Waals surface area contributed by atoms with Crippen molar-refractivity contribution in [2.24, 2.45) is 0 Å². The minimum absolute atomic E-state index is 0.0161. The Kier molecular flexibility index (Phi) is 51.7. The number of carbonyl (C=O) groups is 4. The van der Waals surface area contributed by atoms with Crippen LogP contribution in [0.1, 0.15) is 265 Å². The zero-order chi connectivity index (χ0) is 58.9. The molecular formula is C69H114O12. The van der Waals surface area contributed by atoms with Crippen LogP contribution >= 0.6 is 0 Å². The second kappa shape index (κ2) is 56.1. The molecule has 1 fully saturated rings. The number of aliphatic hydroxyl groups is 2. The van der Waals surface area contributed by atoms with Crippen LogP contribution in [0.5, 0.6) is 0 Å². The van der Waals surface area contributed by atoms with Gasteiger partial charge in [0, 0.05) is 19.3 Å². The van der Waals surface area contributed by atoms with E-state index in [0.717, 1.165) is 122 Å². The minimum atomic E-state index is -1.92. The number of allylic oxidation sites excluding steroid dienone is 16. The number of esters is 3. The van der Waals surface area contributed by atoms with E-state index in [1.54, 1.807) is 0 Å². The van der Waals surface area contributed by atoms with Crippen LogP contribution in [0.2, 0.25) is 0 Å². The van der Waals surface area contributed by atoms with Gasteiger partial charge in [0.05, 0.1) is 6.61 Å². The van der Waals surface area contributed by atoms with E-state index in [1.807, 2.05) is 0 Å². The van der Waals surface area contributed by atoms with Crippen molar-refractivity contribution >= 4 is 23.9 Å². The fourth-order valence-electron chi connectivity index (χ4n) is 9.29. The summed E-state index contributed by atoms with van der Waals surface area (Å²) in [5, 5.41) is 31.6. The summed E-state index contributed by atoms with van der Waals surface area (Å²) in [7, 11) is 0. The van der Waals surface area contributed by atoms with Crippen molar-refractivity contribution in [3.05, 3.63) is 97.2 Å². The normalized spacial score (nSPS) is 18.4. The molecule has 0 saturated carbocycles. The number of hydrogen-bond acceptors (Lipinski definition) is 11. The number of unbranched alkanes of at least 4 members (excludes halogenated alkanes) is 24. The fraction of sp³-hybridized carbons (Fsp3) is 0.710. The molecule has 0 aromatic carbocycles. The van der Waals surface area contributed by atoms with Gasteiger partial charge >= 0.3 is 23.9 Å². The lowest BCUT2D eigenvalue weighted by Gasteiger charge is -2.40.